The molecule has 5 N–H and O–H groups in total. The van der Waals surface area contributed by atoms with Crippen molar-refractivity contribution in [3.05, 3.63) is 34.4 Å². The van der Waals surface area contributed by atoms with Gasteiger partial charge in [-0.05, 0) is 63.4 Å². The zero-order chi connectivity index (χ0) is 18.7. The van der Waals surface area contributed by atoms with Crippen LogP contribution in [0.3, 0.4) is 0 Å². The van der Waals surface area contributed by atoms with Gasteiger partial charge in [0.15, 0.2) is 6.04 Å². The van der Waals surface area contributed by atoms with Crippen molar-refractivity contribution in [3.8, 4) is 0 Å². The number of ether oxygens (including phenoxy) is 1. The molecule has 1 rings (SSSR count). The zero-order valence-corrected chi connectivity index (χ0v) is 14.6. The number of alkyl carbamates (subject to hydrolysis) is 1. The molecule has 132 valence electrons. The van der Waals surface area contributed by atoms with Crippen LogP contribution in [-0.4, -0.2) is 39.5 Å². The summed E-state index contributed by atoms with van der Waals surface area (Å²) in [6, 6.07) is 2.23. The molecule has 0 radical (unpaired) electrons. The minimum Gasteiger partial charge on any atom is -0.444 e. The number of aliphatic carboxylic acids is 1. The molecule has 2 amide bonds. The number of aliphatic hydroxyl groups excluding tert-OH is 1. The maximum absolute atomic E-state index is 11.8. The van der Waals surface area contributed by atoms with E-state index >= 15 is 0 Å². The Balaban J connectivity index is 3.00. The van der Waals surface area contributed by atoms with Crippen LogP contribution in [0.25, 0.3) is 0 Å². The van der Waals surface area contributed by atoms with Crippen molar-refractivity contribution in [2.24, 2.45) is 5.73 Å². The first-order valence-electron chi connectivity index (χ1n) is 7.55. The van der Waals surface area contributed by atoms with E-state index in [1.165, 1.54) is 0 Å². The third-order valence-corrected chi connectivity index (χ3v) is 3.39. The third-order valence-electron chi connectivity index (χ3n) is 3.39. The van der Waals surface area contributed by atoms with Gasteiger partial charge in [0.05, 0.1) is 0 Å². The van der Waals surface area contributed by atoms with Gasteiger partial charge in [-0.25, -0.2) is 4.79 Å². The maximum atomic E-state index is 11.8. The number of nitrogens with one attached hydrogen (secondary N) is 1. The van der Waals surface area contributed by atoms with Crippen molar-refractivity contribution >= 4 is 18.0 Å². The second-order valence-electron chi connectivity index (χ2n) is 6.71. The molecule has 0 aliphatic carbocycles. The molecule has 0 heterocycles. The molecule has 7 nitrogen and oxygen atoms in total. The van der Waals surface area contributed by atoms with Gasteiger partial charge in [-0.3, -0.25) is 4.79 Å². The normalized spacial score (nSPS) is 12.4. The first-order valence-corrected chi connectivity index (χ1v) is 7.55. The summed E-state index contributed by atoms with van der Waals surface area (Å²) in [5.74, 6) is -1.45. The molecule has 24 heavy (non-hydrogen) atoms. The van der Waals surface area contributed by atoms with E-state index in [2.05, 4.69) is 5.32 Å². The van der Waals surface area contributed by atoms with E-state index in [-0.39, 0.29) is 6.42 Å². The smallest absolute Gasteiger partial charge is 0.444 e. The Labute approximate surface area is 141 Å². The Kier molecular flexibility index (Phi) is 5.95. The second-order valence-corrected chi connectivity index (χ2v) is 6.71. The van der Waals surface area contributed by atoms with E-state index in [0.717, 1.165) is 16.7 Å². The van der Waals surface area contributed by atoms with Gasteiger partial charge in [-0.15, -0.1) is 0 Å². The number of amides is 2. The van der Waals surface area contributed by atoms with Gasteiger partial charge < -0.3 is 25.7 Å². The summed E-state index contributed by atoms with van der Waals surface area (Å²) in [6.07, 6.45) is -0.615. The Morgan fingerprint density at radius 3 is 2.17 bits per heavy atom. The monoisotopic (exact) mass is 337 g/mol. The van der Waals surface area contributed by atoms with Crippen molar-refractivity contribution in [1.82, 2.24) is 5.32 Å². The Hall–Kier alpha value is -2.57. The largest absolute Gasteiger partial charge is 0.504 e. The number of primary amides is 1. The molecule has 1 aromatic rings. The summed E-state index contributed by atoms with van der Waals surface area (Å²) >= 11 is 0. The Morgan fingerprint density at radius 2 is 1.79 bits per heavy atom. The van der Waals surface area contributed by atoms with Crippen LogP contribution in [0.15, 0.2) is 12.1 Å². The van der Waals surface area contributed by atoms with Crippen molar-refractivity contribution < 1.29 is 24.2 Å². The van der Waals surface area contributed by atoms with Crippen LogP contribution < -0.4 is 11.1 Å². The van der Waals surface area contributed by atoms with Crippen molar-refractivity contribution in [3.63, 3.8) is 0 Å². The minimum atomic E-state index is -1.03. The number of aryl methyl sites for hydroxylation is 2. The highest BCUT2D eigenvalue weighted by molar-refractivity contribution is 5.93. The molecule has 0 spiro atoms. The highest BCUT2D eigenvalue weighted by Gasteiger charge is 2.29. The van der Waals surface area contributed by atoms with Gasteiger partial charge in [0.25, 0.3) is 0 Å². The first-order chi connectivity index (χ1) is 10.9. The first kappa shape index (κ1) is 19.5. The van der Waals surface area contributed by atoms with Gasteiger partial charge in [0.2, 0.25) is 5.91 Å². The fourth-order valence-corrected chi connectivity index (χ4v) is 2.32. The molecule has 0 bridgehead atoms. The van der Waals surface area contributed by atoms with E-state index < -0.39 is 29.6 Å². The van der Waals surface area contributed by atoms with Crippen LogP contribution in [0.5, 0.6) is 0 Å². The fraction of sp³-hybridized carbons (Fsp3) is 0.471. The molecule has 0 aliphatic heterocycles. The maximum Gasteiger partial charge on any atom is 0.504 e. The molecular weight excluding hydrogens is 312 g/mol. The molecule has 0 unspecified atom stereocenters. The molecule has 0 aromatic heterocycles. The number of carbonyl (C=O) groups excluding carboxylic acids is 2. The van der Waals surface area contributed by atoms with E-state index in [0.29, 0.717) is 5.56 Å². The number of carbonyl (C=O) groups is 2. The molecule has 1 aromatic carbocycles. The van der Waals surface area contributed by atoms with Crippen LogP contribution >= 0.6 is 0 Å². The Morgan fingerprint density at radius 1 is 1.29 bits per heavy atom. The van der Waals surface area contributed by atoms with Gasteiger partial charge in [-0.2, -0.15) is 0 Å². The fourth-order valence-electron chi connectivity index (χ4n) is 2.32. The number of nitrogens with two attached hydrogens (primary N) is 1. The standard InChI is InChI=1S/C17H24N2O5/c1-9-6-11(14(18)20)7-10(2)12(9)8-13(15(21)22)19-16(23)24-17(3,4)5/h6-7,13H,8H2,1-5H3,(H2,18,20)(H,19,23)(H,21,22)/p+1/t13-/m0/s1. The highest BCUT2D eigenvalue weighted by atomic mass is 16.6. The molecule has 1 atom stereocenters. The summed E-state index contributed by atoms with van der Waals surface area (Å²) in [4.78, 5) is 32.6. The predicted molar refractivity (Wildman–Crippen MR) is 90.9 cm³/mol. The number of carboxylic acid groups (broad SMARTS) is 1. The van der Waals surface area contributed by atoms with Crippen LogP contribution in [0.1, 0.15) is 47.8 Å². The third kappa shape index (κ3) is 5.57. The van der Waals surface area contributed by atoms with E-state index in [4.69, 9.17) is 10.5 Å². The average molecular weight is 337 g/mol. The number of rotatable bonds is 5. The molecule has 0 saturated heterocycles. The van der Waals surface area contributed by atoms with E-state index in [1.54, 1.807) is 46.8 Å². The second kappa shape index (κ2) is 7.33. The lowest BCUT2D eigenvalue weighted by molar-refractivity contribution is 0.0511. The highest BCUT2D eigenvalue weighted by Crippen LogP contribution is 2.19. The summed E-state index contributed by atoms with van der Waals surface area (Å²) in [7, 11) is 0. The molecule has 0 saturated carbocycles. The zero-order valence-electron chi connectivity index (χ0n) is 14.6. The van der Waals surface area contributed by atoms with Crippen molar-refractivity contribution in [2.75, 3.05) is 0 Å². The van der Waals surface area contributed by atoms with Gasteiger partial charge in [-0.1, -0.05) is 0 Å². The van der Waals surface area contributed by atoms with Crippen LogP contribution in [0.2, 0.25) is 0 Å². The Bertz CT molecular complexity index is 638. The van der Waals surface area contributed by atoms with E-state index in [9.17, 15) is 19.5 Å². The summed E-state index contributed by atoms with van der Waals surface area (Å²) in [5.41, 5.74) is 7.27. The quantitative estimate of drug-likeness (QED) is 0.710. The number of hydrogen-bond acceptors (Lipinski definition) is 3. The summed E-state index contributed by atoms with van der Waals surface area (Å²) < 4.78 is 5.12. The van der Waals surface area contributed by atoms with Crippen LogP contribution in [-0.2, 0) is 11.2 Å². The predicted octanol–water partition coefficient (Wildman–Crippen LogP) is 1.90. The van der Waals surface area contributed by atoms with Gasteiger partial charge in [0.1, 0.15) is 5.60 Å². The SMILES string of the molecule is Cc1cc(C(N)=O)cc(C)c1C[C@H](NC(=O)OC(C)(C)C)C(O)=[OH+]. The van der Waals surface area contributed by atoms with E-state index in [1.807, 2.05) is 0 Å². The molecule has 0 aliphatic rings. The van der Waals surface area contributed by atoms with Crippen molar-refractivity contribution in [1.29, 1.82) is 0 Å². The average Bonchev–Trinajstić information content (AvgIpc) is 2.38. The lowest BCUT2D eigenvalue weighted by Crippen LogP contribution is -2.45. The van der Waals surface area contributed by atoms with Crippen LogP contribution in [0.4, 0.5) is 4.79 Å². The van der Waals surface area contributed by atoms with Crippen molar-refractivity contribution in [2.45, 2.75) is 52.7 Å². The molecule has 0 fully saturated rings. The topological polar surface area (TPSA) is 123 Å². The lowest BCUT2D eigenvalue weighted by Gasteiger charge is -2.21. The number of carboxylic acids is 1. The van der Waals surface area contributed by atoms with Crippen LogP contribution in [0, 0.1) is 13.8 Å². The lowest BCUT2D eigenvalue weighted by atomic mass is 9.94. The minimum absolute atomic E-state index is 0.137. The van der Waals surface area contributed by atoms with Gasteiger partial charge in [0, 0.05) is 12.0 Å². The summed E-state index contributed by atoms with van der Waals surface area (Å²) in [5, 5.41) is 11.9. The number of hydrogen-bond donors (Lipinski definition) is 3. The molecule has 7 heteroatoms. The summed E-state index contributed by atoms with van der Waals surface area (Å²) in [6.45, 7) is 8.70. The van der Waals surface area contributed by atoms with Gasteiger partial charge >= 0.3 is 12.1 Å². The number of benzene rings is 1. The molecular formula is C17H25N2O5+.